The summed E-state index contributed by atoms with van der Waals surface area (Å²) in [5.74, 6) is -0.0919. The average Bonchev–Trinajstić information content (AvgIpc) is 4.14. The summed E-state index contributed by atoms with van der Waals surface area (Å²) in [7, 11) is 0. The number of amides is 2. The van der Waals surface area contributed by atoms with Crippen LogP contribution in [0.4, 0.5) is 30.0 Å². The van der Waals surface area contributed by atoms with E-state index in [1.807, 2.05) is 60.0 Å². The Hall–Kier alpha value is -6.63. The third kappa shape index (κ3) is 10.7. The summed E-state index contributed by atoms with van der Waals surface area (Å²) in [6.07, 6.45) is 1.56. The van der Waals surface area contributed by atoms with Crippen LogP contribution in [0.25, 0.3) is 44.6 Å². The second-order valence-corrected chi connectivity index (χ2v) is 17.0. The van der Waals surface area contributed by atoms with Crippen LogP contribution in [0.1, 0.15) is 36.8 Å². The van der Waals surface area contributed by atoms with Crippen molar-refractivity contribution >= 4 is 58.0 Å². The number of nitrogens with one attached hydrogen (secondary N) is 2. The van der Waals surface area contributed by atoms with Crippen molar-refractivity contribution in [3.8, 4) is 34.3 Å². The highest BCUT2D eigenvalue weighted by Gasteiger charge is 2.31. The maximum Gasteiger partial charge on any atom is 0.407 e. The van der Waals surface area contributed by atoms with Crippen LogP contribution in [0.2, 0.25) is 0 Å². The molecule has 4 saturated heterocycles. The SMILES string of the molecule is Cc1ccc2c(N3CC[C@@H](NC(=O)O[C@H]4CCOC4)C3)nc(-c3c(O)cccc3F)nc2c1.Cc1ccc2c(N3CC[C@@H](NC(=O)O[C@H]4CCOC4)C3)nc(-c3c(O)cccc3F)nc2c1.Cl. The van der Waals surface area contributed by atoms with Crippen LogP contribution in [0, 0.1) is 25.5 Å². The van der Waals surface area contributed by atoms with Crippen LogP contribution in [0.15, 0.2) is 72.8 Å². The minimum Gasteiger partial charge on any atom is -0.507 e. The predicted octanol–water partition coefficient (Wildman–Crippen LogP) is 7.51. The van der Waals surface area contributed by atoms with E-state index in [9.17, 15) is 28.6 Å². The highest BCUT2D eigenvalue weighted by molar-refractivity contribution is 5.93. The molecule has 4 fully saturated rings. The predicted molar refractivity (Wildman–Crippen MR) is 249 cm³/mol. The number of anilines is 2. The first-order chi connectivity index (χ1) is 31.9. The van der Waals surface area contributed by atoms with E-state index >= 15 is 0 Å². The molecule has 67 heavy (non-hydrogen) atoms. The maximum atomic E-state index is 14.6. The molecule has 2 aromatic heterocycles. The minimum atomic E-state index is -0.590. The van der Waals surface area contributed by atoms with E-state index in [4.69, 9.17) is 18.9 Å². The number of aromatic nitrogens is 4. The molecule has 6 heterocycles. The van der Waals surface area contributed by atoms with Crippen LogP contribution in [-0.2, 0) is 18.9 Å². The lowest BCUT2D eigenvalue weighted by molar-refractivity contribution is 0.0808. The number of phenolic OH excluding ortho intramolecular Hbond substituents is 2. The number of rotatable bonds is 8. The fourth-order valence-corrected chi connectivity index (χ4v) is 8.68. The fraction of sp³-hybridized carbons (Fsp3) is 0.375. The van der Waals surface area contributed by atoms with E-state index in [2.05, 4.69) is 30.6 Å². The molecule has 0 unspecified atom stereocenters. The molecule has 0 aliphatic carbocycles. The molecule has 4 aromatic carbocycles. The van der Waals surface area contributed by atoms with Crippen molar-refractivity contribution < 1.29 is 47.5 Å². The number of ether oxygens (including phenoxy) is 4. The number of aromatic hydroxyl groups is 2. The minimum absolute atomic E-state index is 0. The lowest BCUT2D eigenvalue weighted by Crippen LogP contribution is -2.39. The highest BCUT2D eigenvalue weighted by Crippen LogP contribution is 2.37. The summed E-state index contributed by atoms with van der Waals surface area (Å²) in [5, 5.41) is 28.1. The molecule has 16 nitrogen and oxygen atoms in total. The maximum absolute atomic E-state index is 14.6. The number of carbonyl (C=O) groups excluding carboxylic acids is 2. The normalized spacial score (nSPS) is 20.1. The van der Waals surface area contributed by atoms with Crippen LogP contribution in [0.5, 0.6) is 11.5 Å². The van der Waals surface area contributed by atoms with Crippen molar-refractivity contribution in [2.45, 2.75) is 63.8 Å². The standard InChI is InChI=1S/2C24H25FN4O4.ClH/c2*1-14-5-6-17-19(11-14)27-22(21-18(25)3-2-4-20(21)30)28-23(17)29-9-7-15(12-29)26-24(31)33-16-8-10-32-13-16;/h2*2-6,11,15-16,30H,7-10,12-13H2,1H3,(H,26,31);1H/t2*15-,16+;/m11./s1. The van der Waals surface area contributed by atoms with Crippen molar-refractivity contribution in [1.29, 1.82) is 0 Å². The summed E-state index contributed by atoms with van der Waals surface area (Å²) in [6, 6.07) is 19.7. The Labute approximate surface area is 391 Å². The Morgan fingerprint density at radius 3 is 1.46 bits per heavy atom. The van der Waals surface area contributed by atoms with Crippen LogP contribution in [-0.4, -0.2) is 119 Å². The number of alkyl carbamates (subject to hydrolysis) is 2. The van der Waals surface area contributed by atoms with Gasteiger partial charge in [-0.1, -0.05) is 24.3 Å². The zero-order valence-electron chi connectivity index (χ0n) is 36.9. The largest absolute Gasteiger partial charge is 0.507 e. The second-order valence-electron chi connectivity index (χ2n) is 17.0. The van der Waals surface area contributed by atoms with E-state index in [0.29, 0.717) is 101 Å². The molecular formula is C48H51ClF2N8O8. The molecule has 0 saturated carbocycles. The molecule has 6 aromatic rings. The number of aryl methyl sites for hydroxylation is 2. The molecular weight excluding hydrogens is 890 g/mol. The van der Waals surface area contributed by atoms with Gasteiger partial charge in [-0.05, 0) is 86.3 Å². The Bertz CT molecular complexity index is 2550. The molecule has 19 heteroatoms. The van der Waals surface area contributed by atoms with Crippen molar-refractivity contribution in [2.24, 2.45) is 0 Å². The lowest BCUT2D eigenvalue weighted by atomic mass is 10.1. The van der Waals surface area contributed by atoms with Gasteiger partial charge in [0.1, 0.15) is 47.0 Å². The van der Waals surface area contributed by atoms with Crippen molar-refractivity contribution in [3.05, 3.63) is 95.6 Å². The lowest BCUT2D eigenvalue weighted by Gasteiger charge is -2.21. The van der Waals surface area contributed by atoms with E-state index in [0.717, 1.165) is 21.9 Å². The summed E-state index contributed by atoms with van der Waals surface area (Å²) < 4.78 is 50.5. The quantitative estimate of drug-likeness (QED) is 0.117. The van der Waals surface area contributed by atoms with E-state index in [1.165, 1.54) is 36.4 Å². The Morgan fingerprint density at radius 2 is 1.07 bits per heavy atom. The summed E-state index contributed by atoms with van der Waals surface area (Å²) in [4.78, 5) is 47.0. The number of carbonyl (C=O) groups is 2. The van der Waals surface area contributed by atoms with Gasteiger partial charge in [-0.2, -0.15) is 0 Å². The number of phenols is 2. The molecule has 2 amide bonds. The summed E-state index contributed by atoms with van der Waals surface area (Å²) in [6.45, 7) is 8.35. The first kappa shape index (κ1) is 46.9. The molecule has 4 atom stereocenters. The van der Waals surface area contributed by atoms with Gasteiger partial charge < -0.3 is 49.6 Å². The van der Waals surface area contributed by atoms with Crippen LogP contribution < -0.4 is 20.4 Å². The van der Waals surface area contributed by atoms with Gasteiger partial charge in [-0.15, -0.1) is 12.4 Å². The van der Waals surface area contributed by atoms with E-state index in [1.54, 1.807) is 0 Å². The van der Waals surface area contributed by atoms with Crippen LogP contribution in [0.3, 0.4) is 0 Å². The fourth-order valence-electron chi connectivity index (χ4n) is 8.68. The van der Waals surface area contributed by atoms with Crippen molar-refractivity contribution in [2.75, 3.05) is 62.4 Å². The van der Waals surface area contributed by atoms with Gasteiger partial charge in [0.25, 0.3) is 0 Å². The van der Waals surface area contributed by atoms with Gasteiger partial charge in [0.2, 0.25) is 0 Å². The van der Waals surface area contributed by atoms with Gasteiger partial charge in [0.05, 0.1) is 60.7 Å². The monoisotopic (exact) mass is 940 g/mol. The number of nitrogens with zero attached hydrogens (tertiary/aromatic N) is 6. The smallest absolute Gasteiger partial charge is 0.407 e. The molecule has 4 aliphatic rings. The number of hydrogen-bond donors (Lipinski definition) is 4. The van der Waals surface area contributed by atoms with Gasteiger partial charge in [-0.3, -0.25) is 0 Å². The van der Waals surface area contributed by atoms with Crippen molar-refractivity contribution in [3.63, 3.8) is 0 Å². The van der Waals surface area contributed by atoms with Crippen molar-refractivity contribution in [1.82, 2.24) is 30.6 Å². The highest BCUT2D eigenvalue weighted by atomic mass is 35.5. The molecule has 0 spiro atoms. The number of benzene rings is 4. The van der Waals surface area contributed by atoms with Gasteiger partial charge in [0, 0.05) is 49.8 Å². The molecule has 4 aliphatic heterocycles. The Balaban J connectivity index is 0.000000179. The second kappa shape index (κ2) is 20.5. The summed E-state index contributed by atoms with van der Waals surface area (Å²) >= 11 is 0. The average molecular weight is 941 g/mol. The van der Waals surface area contributed by atoms with Crippen LogP contribution >= 0.6 is 12.4 Å². The number of halogens is 3. The topological polar surface area (TPSA) is 194 Å². The van der Waals surface area contributed by atoms with Gasteiger partial charge in [-0.25, -0.2) is 38.3 Å². The number of fused-ring (bicyclic) bond motifs is 2. The van der Waals surface area contributed by atoms with Gasteiger partial charge in [0.15, 0.2) is 11.6 Å². The zero-order valence-corrected chi connectivity index (χ0v) is 37.7. The third-order valence-corrected chi connectivity index (χ3v) is 12.0. The first-order valence-corrected chi connectivity index (χ1v) is 22.1. The Kier molecular flexibility index (Phi) is 14.3. The third-order valence-electron chi connectivity index (χ3n) is 12.0. The molecule has 352 valence electrons. The summed E-state index contributed by atoms with van der Waals surface area (Å²) in [5.41, 5.74) is 3.28. The molecule has 0 bridgehead atoms. The van der Waals surface area contributed by atoms with Gasteiger partial charge >= 0.3 is 12.2 Å². The zero-order chi connectivity index (χ0) is 45.9. The van der Waals surface area contributed by atoms with E-state index in [-0.39, 0.29) is 71.0 Å². The Morgan fingerprint density at radius 1 is 0.642 bits per heavy atom. The number of hydrogen-bond acceptors (Lipinski definition) is 14. The molecule has 10 rings (SSSR count). The molecule has 4 N–H and O–H groups in total. The van der Waals surface area contributed by atoms with E-state index < -0.39 is 23.8 Å². The molecule has 0 radical (unpaired) electrons. The first-order valence-electron chi connectivity index (χ1n) is 22.1.